The zero-order valence-electron chi connectivity index (χ0n) is 12.5. The van der Waals surface area contributed by atoms with Crippen molar-refractivity contribution in [3.63, 3.8) is 0 Å². The van der Waals surface area contributed by atoms with Crippen LogP contribution in [-0.4, -0.2) is 17.1 Å². The summed E-state index contributed by atoms with van der Waals surface area (Å²) in [6.07, 6.45) is 1.75. The molecule has 0 aliphatic carbocycles. The van der Waals surface area contributed by atoms with E-state index in [0.717, 1.165) is 16.5 Å². The molecular formula is C18H15FN2OS. The van der Waals surface area contributed by atoms with Gasteiger partial charge >= 0.3 is 0 Å². The molecule has 0 spiro atoms. The second-order valence-corrected chi connectivity index (χ2v) is 5.44. The van der Waals surface area contributed by atoms with Gasteiger partial charge in [0.2, 0.25) is 0 Å². The van der Waals surface area contributed by atoms with E-state index in [1.165, 1.54) is 7.11 Å². The van der Waals surface area contributed by atoms with Crippen molar-refractivity contribution in [2.45, 2.75) is 6.54 Å². The van der Waals surface area contributed by atoms with Gasteiger partial charge in [-0.05, 0) is 30.3 Å². The van der Waals surface area contributed by atoms with Crippen LogP contribution in [0.1, 0.15) is 11.1 Å². The van der Waals surface area contributed by atoms with Crippen molar-refractivity contribution in [2.24, 2.45) is 0 Å². The summed E-state index contributed by atoms with van der Waals surface area (Å²) in [4.78, 5) is 4.85. The number of halogens is 1. The molecular weight excluding hydrogens is 311 g/mol. The monoisotopic (exact) mass is 326 g/mol. The fraction of sp³-hybridized carbons (Fsp3) is 0.111. The minimum absolute atomic E-state index is 0.229. The first kappa shape index (κ1) is 15.4. The average molecular weight is 326 g/mol. The molecule has 0 saturated heterocycles. The third kappa shape index (κ3) is 3.29. The molecule has 0 atom stereocenters. The van der Waals surface area contributed by atoms with Crippen molar-refractivity contribution in [3.8, 4) is 5.75 Å². The van der Waals surface area contributed by atoms with Gasteiger partial charge in [0, 0.05) is 29.3 Å². The first-order chi connectivity index (χ1) is 11.2. The highest BCUT2D eigenvalue weighted by molar-refractivity contribution is 7.80. The Labute approximate surface area is 139 Å². The van der Waals surface area contributed by atoms with E-state index in [9.17, 15) is 4.39 Å². The van der Waals surface area contributed by atoms with Crippen molar-refractivity contribution in [1.29, 1.82) is 0 Å². The molecule has 0 aliphatic heterocycles. The second kappa shape index (κ2) is 6.71. The molecule has 2 aromatic carbocycles. The lowest BCUT2D eigenvalue weighted by atomic mass is 10.1. The normalized spacial score (nSPS) is 10.5. The number of hydrogen-bond donors (Lipinski definition) is 1. The third-order valence-corrected chi connectivity index (χ3v) is 3.95. The van der Waals surface area contributed by atoms with E-state index in [2.05, 4.69) is 10.3 Å². The third-order valence-electron chi connectivity index (χ3n) is 3.57. The second-order valence-electron chi connectivity index (χ2n) is 5.03. The van der Waals surface area contributed by atoms with Crippen LogP contribution in [0.5, 0.6) is 5.75 Å². The number of benzene rings is 2. The molecule has 1 heterocycles. The van der Waals surface area contributed by atoms with Gasteiger partial charge in [-0.2, -0.15) is 0 Å². The smallest absolute Gasteiger partial charge is 0.170 e. The molecule has 0 unspecified atom stereocenters. The Morgan fingerprint density at radius 3 is 2.91 bits per heavy atom. The van der Waals surface area contributed by atoms with Crippen LogP contribution >= 0.6 is 12.2 Å². The zero-order chi connectivity index (χ0) is 16.2. The van der Waals surface area contributed by atoms with Crippen molar-refractivity contribution in [1.82, 2.24) is 10.3 Å². The van der Waals surface area contributed by atoms with Gasteiger partial charge in [-0.1, -0.05) is 30.4 Å². The van der Waals surface area contributed by atoms with Gasteiger partial charge in [-0.3, -0.25) is 4.98 Å². The molecule has 3 nitrogen and oxygen atoms in total. The fourth-order valence-corrected chi connectivity index (χ4v) is 2.54. The number of aromatic nitrogens is 1. The SMILES string of the molecule is COc1cccc(CNC(=S)c2ccc3ncccc3c2)c1F. The van der Waals surface area contributed by atoms with E-state index < -0.39 is 0 Å². The zero-order valence-corrected chi connectivity index (χ0v) is 13.4. The molecule has 0 aliphatic rings. The minimum atomic E-state index is -0.368. The molecule has 1 aromatic heterocycles. The van der Waals surface area contributed by atoms with Crippen LogP contribution in [-0.2, 0) is 6.54 Å². The largest absolute Gasteiger partial charge is 0.494 e. The highest BCUT2D eigenvalue weighted by atomic mass is 32.1. The number of ether oxygens (including phenoxy) is 1. The molecule has 3 rings (SSSR count). The Balaban J connectivity index is 1.76. The first-order valence-electron chi connectivity index (χ1n) is 7.13. The van der Waals surface area contributed by atoms with Gasteiger partial charge in [0.15, 0.2) is 11.6 Å². The number of methoxy groups -OCH3 is 1. The lowest BCUT2D eigenvalue weighted by molar-refractivity contribution is 0.384. The summed E-state index contributed by atoms with van der Waals surface area (Å²) in [5, 5.41) is 4.10. The lowest BCUT2D eigenvalue weighted by Crippen LogP contribution is -2.22. The minimum Gasteiger partial charge on any atom is -0.494 e. The average Bonchev–Trinajstić information content (AvgIpc) is 2.60. The summed E-state index contributed by atoms with van der Waals surface area (Å²) in [5.41, 5.74) is 2.30. The highest BCUT2D eigenvalue weighted by Crippen LogP contribution is 2.20. The van der Waals surface area contributed by atoms with Crippen LogP contribution in [0, 0.1) is 5.82 Å². The molecule has 0 radical (unpaired) electrons. The fourth-order valence-electron chi connectivity index (χ4n) is 2.34. The van der Waals surface area contributed by atoms with E-state index >= 15 is 0 Å². The number of pyridine rings is 1. The Bertz CT molecular complexity index is 867. The Morgan fingerprint density at radius 1 is 1.22 bits per heavy atom. The van der Waals surface area contributed by atoms with Crippen LogP contribution in [0.2, 0.25) is 0 Å². The maximum Gasteiger partial charge on any atom is 0.170 e. The van der Waals surface area contributed by atoms with Crippen LogP contribution < -0.4 is 10.1 Å². The number of nitrogens with zero attached hydrogens (tertiary/aromatic N) is 1. The maximum atomic E-state index is 14.1. The van der Waals surface area contributed by atoms with Gasteiger partial charge in [-0.15, -0.1) is 0 Å². The Hall–Kier alpha value is -2.53. The Kier molecular flexibility index (Phi) is 4.48. The topological polar surface area (TPSA) is 34.1 Å². The van der Waals surface area contributed by atoms with E-state index in [1.54, 1.807) is 24.4 Å². The number of thiocarbonyl (C=S) groups is 1. The van der Waals surface area contributed by atoms with E-state index in [4.69, 9.17) is 17.0 Å². The van der Waals surface area contributed by atoms with E-state index in [1.807, 2.05) is 30.3 Å². The summed E-state index contributed by atoms with van der Waals surface area (Å²) in [5.74, 6) is -0.139. The molecule has 0 fully saturated rings. The number of rotatable bonds is 4. The van der Waals surface area contributed by atoms with Crippen molar-refractivity contribution in [2.75, 3.05) is 7.11 Å². The summed E-state index contributed by atoms with van der Waals surface area (Å²) in [7, 11) is 1.45. The molecule has 0 amide bonds. The van der Waals surface area contributed by atoms with Gasteiger partial charge < -0.3 is 10.1 Å². The summed E-state index contributed by atoms with van der Waals surface area (Å²) < 4.78 is 19.1. The van der Waals surface area contributed by atoms with Crippen molar-refractivity contribution >= 4 is 28.1 Å². The van der Waals surface area contributed by atoms with Crippen molar-refractivity contribution in [3.05, 3.63) is 71.7 Å². The molecule has 23 heavy (non-hydrogen) atoms. The molecule has 5 heteroatoms. The summed E-state index contributed by atoms with van der Waals surface area (Å²) in [6, 6.07) is 14.7. The first-order valence-corrected chi connectivity index (χ1v) is 7.54. The number of nitrogens with one attached hydrogen (secondary N) is 1. The quantitative estimate of drug-likeness (QED) is 0.739. The predicted octanol–water partition coefficient (Wildman–Crippen LogP) is 3.85. The summed E-state index contributed by atoms with van der Waals surface area (Å²) >= 11 is 5.40. The molecule has 1 N–H and O–H groups in total. The van der Waals surface area contributed by atoms with Crippen molar-refractivity contribution < 1.29 is 9.13 Å². The van der Waals surface area contributed by atoms with Gasteiger partial charge in [0.1, 0.15) is 4.99 Å². The Morgan fingerprint density at radius 2 is 2.09 bits per heavy atom. The van der Waals surface area contributed by atoms with Crippen LogP contribution in [0.4, 0.5) is 4.39 Å². The standard InChI is InChI=1S/C18H15FN2OS/c1-22-16-6-2-4-14(17(16)19)11-21-18(23)13-7-8-15-12(10-13)5-3-9-20-15/h2-10H,11H2,1H3,(H,21,23). The van der Waals surface area contributed by atoms with Gasteiger partial charge in [-0.25, -0.2) is 4.39 Å². The number of fused-ring (bicyclic) bond motifs is 1. The van der Waals surface area contributed by atoms with Gasteiger partial charge in [0.05, 0.1) is 12.6 Å². The van der Waals surface area contributed by atoms with Crippen LogP contribution in [0.15, 0.2) is 54.7 Å². The molecule has 116 valence electrons. The summed E-state index contributed by atoms with van der Waals surface area (Å²) in [6.45, 7) is 0.299. The molecule has 0 saturated carbocycles. The maximum absolute atomic E-state index is 14.1. The van der Waals surface area contributed by atoms with Crippen LogP contribution in [0.25, 0.3) is 10.9 Å². The molecule has 3 aromatic rings. The molecule has 0 bridgehead atoms. The van der Waals surface area contributed by atoms with Gasteiger partial charge in [0.25, 0.3) is 0 Å². The van der Waals surface area contributed by atoms with E-state index in [0.29, 0.717) is 17.1 Å². The van der Waals surface area contributed by atoms with E-state index in [-0.39, 0.29) is 11.6 Å². The van der Waals surface area contributed by atoms with Crippen LogP contribution in [0.3, 0.4) is 0 Å². The number of hydrogen-bond acceptors (Lipinski definition) is 3. The lowest BCUT2D eigenvalue weighted by Gasteiger charge is -2.11. The predicted molar refractivity (Wildman–Crippen MR) is 93.2 cm³/mol. The highest BCUT2D eigenvalue weighted by Gasteiger charge is 2.09.